The summed E-state index contributed by atoms with van der Waals surface area (Å²) in [6, 6.07) is 14.3. The quantitative estimate of drug-likeness (QED) is 0.0367. The molecule has 0 aliphatic rings. The van der Waals surface area contributed by atoms with Crippen LogP contribution in [0.3, 0.4) is 0 Å². The Morgan fingerprint density at radius 3 is 1.74 bits per heavy atom. The molecule has 3 aromatic carbocycles. The van der Waals surface area contributed by atoms with Gasteiger partial charge in [0.1, 0.15) is 47.6 Å². The lowest BCUT2D eigenvalue weighted by Gasteiger charge is -2.26. The molecule has 74 heavy (non-hydrogen) atoms. The molecule has 0 saturated heterocycles. The van der Waals surface area contributed by atoms with Crippen LogP contribution in [0.15, 0.2) is 85.1 Å². The number of fused-ring (bicyclic) bond motifs is 1. The summed E-state index contributed by atoms with van der Waals surface area (Å²) in [6.07, 6.45) is 3.20. The molecule has 22 nitrogen and oxygen atoms in total. The minimum Gasteiger partial charge on any atom is -0.444 e. The number of alkyl carbamates (subject to hydrolysis) is 1. The number of para-hydroxylation sites is 1. The summed E-state index contributed by atoms with van der Waals surface area (Å²) in [5.41, 5.74) is 7.26. The lowest BCUT2D eigenvalue weighted by atomic mass is 10.0. The van der Waals surface area contributed by atoms with Gasteiger partial charge in [-0.3, -0.25) is 38.1 Å². The fourth-order valence-electron chi connectivity index (χ4n) is 7.61. The number of benzene rings is 3. The molecule has 0 spiro atoms. The van der Waals surface area contributed by atoms with E-state index in [9.17, 15) is 46.8 Å². The summed E-state index contributed by atoms with van der Waals surface area (Å²) in [5.74, 6) is -5.43. The summed E-state index contributed by atoms with van der Waals surface area (Å²) in [5, 5.41) is 19.1. The van der Waals surface area contributed by atoms with E-state index in [0.717, 1.165) is 16.5 Å². The first-order chi connectivity index (χ1) is 34.9. The Kier molecular flexibility index (Phi) is 22.4. The largest absolute Gasteiger partial charge is 0.446 e. The van der Waals surface area contributed by atoms with Crippen LogP contribution >= 0.6 is 0 Å². The highest BCUT2D eigenvalue weighted by Crippen LogP contribution is 2.20. The second-order valence-corrected chi connectivity index (χ2v) is 19.8. The summed E-state index contributed by atoms with van der Waals surface area (Å²) < 4.78 is 41.3. The molecule has 1 aromatic heterocycles. The number of H-pyrrole nitrogens is 1. The molecule has 0 radical (unpaired) electrons. The first kappa shape index (κ1) is 59.0. The van der Waals surface area contributed by atoms with Crippen LogP contribution in [-0.4, -0.2) is 114 Å². The highest BCUT2D eigenvalue weighted by atomic mass is 32.3. The molecule has 0 fully saturated rings. The summed E-state index contributed by atoms with van der Waals surface area (Å²) in [6.45, 7) is 9.42. The van der Waals surface area contributed by atoms with E-state index in [1.54, 1.807) is 57.3 Å². The number of unbranched alkanes of at least 4 members (excludes halogenated alkanes) is 2. The van der Waals surface area contributed by atoms with Crippen molar-refractivity contribution >= 4 is 68.7 Å². The van der Waals surface area contributed by atoms with Crippen LogP contribution in [0.4, 0.5) is 4.79 Å². The Bertz CT molecular complexity index is 2680. The monoisotopic (exact) mass is 1050 g/mol. The normalized spacial score (nSPS) is 13.9. The molecule has 23 heteroatoms. The lowest BCUT2D eigenvalue weighted by molar-refractivity contribution is -0.134. The third-order valence-corrected chi connectivity index (χ3v) is 11.8. The lowest BCUT2D eigenvalue weighted by Crippen LogP contribution is -2.58. The van der Waals surface area contributed by atoms with E-state index in [1.165, 1.54) is 31.2 Å². The molecule has 0 unspecified atom stereocenters. The van der Waals surface area contributed by atoms with Gasteiger partial charge >= 0.3 is 16.5 Å². The molecule has 1 heterocycles. The van der Waals surface area contributed by atoms with E-state index >= 15 is 0 Å². The molecule has 11 N–H and O–H groups in total. The smallest absolute Gasteiger partial charge is 0.444 e. The van der Waals surface area contributed by atoms with Gasteiger partial charge in [-0.15, -0.1) is 0 Å². The van der Waals surface area contributed by atoms with Gasteiger partial charge in [-0.05, 0) is 75.4 Å². The van der Waals surface area contributed by atoms with E-state index < -0.39 is 106 Å². The standard InChI is InChI=1S/C51H69N9O13S/c1-7-9-19-38(57-48(66)41(60-50(68)72-51(4,5)6)27-33-22-24-35(25-23-33)73-74(69,70)71)46(64)54-30-43(61)56-42(28-34-29-53-37-21-15-14-18-36(34)37)49(67)58-39(20-10-8-2)47(65)55-31(3)45(63)59-40(44(52)62)26-32-16-12-11-13-17-32/h11-18,21-25,29,31,38-42,53H,7-10,19-20,26-28,30H2,1-6H3,(H2,52,62)(H,54,64)(H,55,65)(H,56,61)(H,57,66)(H,58,67)(H,59,63)(H,60,68)(H,69,70,71)/t31-,38-,39-,40-,41-,42-/m0/s1. The Morgan fingerprint density at radius 1 is 0.635 bits per heavy atom. The van der Waals surface area contributed by atoms with Crippen molar-refractivity contribution in [3.63, 3.8) is 0 Å². The number of primary amides is 1. The van der Waals surface area contributed by atoms with Crippen LogP contribution in [0.25, 0.3) is 10.9 Å². The van der Waals surface area contributed by atoms with Crippen molar-refractivity contribution in [1.82, 2.24) is 42.2 Å². The molecule has 402 valence electrons. The van der Waals surface area contributed by atoms with Gasteiger partial charge in [0.05, 0.1) is 6.54 Å². The van der Waals surface area contributed by atoms with E-state index in [-0.39, 0.29) is 37.9 Å². The SMILES string of the molecule is CCCC[C@H](NC(=O)[C@H](Cc1ccc(OS(=O)(=O)O)cc1)NC(=O)OC(C)(C)C)C(=O)NCC(=O)N[C@@H](Cc1c[nH]c2ccccc12)C(=O)N[C@@H](CCCC)C(=O)N[C@@H](C)C(=O)N[C@@H](Cc1ccccc1)C(N)=O. The summed E-state index contributed by atoms with van der Waals surface area (Å²) in [7, 11) is -4.81. The number of nitrogens with two attached hydrogens (primary N) is 1. The Hall–Kier alpha value is -7.53. The maximum Gasteiger partial charge on any atom is 0.446 e. The molecule has 0 saturated carbocycles. The van der Waals surface area contributed by atoms with Crippen LogP contribution < -0.4 is 47.1 Å². The maximum absolute atomic E-state index is 14.3. The van der Waals surface area contributed by atoms with Crippen LogP contribution in [0.1, 0.15) is 96.8 Å². The van der Waals surface area contributed by atoms with Gasteiger partial charge in [-0.25, -0.2) is 4.79 Å². The minimum absolute atomic E-state index is 0.0517. The van der Waals surface area contributed by atoms with Crippen LogP contribution in [0.2, 0.25) is 0 Å². The van der Waals surface area contributed by atoms with E-state index in [0.29, 0.717) is 36.8 Å². The number of hydrogen-bond donors (Lipinski definition) is 10. The Labute approximate surface area is 430 Å². The van der Waals surface area contributed by atoms with Crippen molar-refractivity contribution in [3.8, 4) is 5.75 Å². The van der Waals surface area contributed by atoms with Crippen LogP contribution in [0.5, 0.6) is 5.75 Å². The molecular formula is C51H69N9O13S. The maximum atomic E-state index is 14.3. The first-order valence-corrected chi connectivity index (χ1v) is 25.7. The van der Waals surface area contributed by atoms with Crippen LogP contribution in [-0.2, 0) is 68.0 Å². The van der Waals surface area contributed by atoms with Crippen LogP contribution in [0, 0.1) is 0 Å². The average Bonchev–Trinajstić information content (AvgIpc) is 3.74. The topological polar surface area (TPSA) is 335 Å². The number of nitrogens with one attached hydrogen (secondary N) is 8. The van der Waals surface area contributed by atoms with E-state index in [2.05, 4.69) is 46.4 Å². The van der Waals surface area contributed by atoms with Gasteiger partial charge < -0.3 is 56.9 Å². The number of carbonyl (C=O) groups is 8. The zero-order chi connectivity index (χ0) is 54.6. The third-order valence-electron chi connectivity index (χ3n) is 11.4. The number of rotatable bonds is 28. The Morgan fingerprint density at radius 2 is 1.16 bits per heavy atom. The molecular weight excluding hydrogens is 979 g/mol. The fraction of sp³-hybridized carbons (Fsp3) is 0.451. The molecule has 4 rings (SSSR count). The molecule has 0 aliphatic carbocycles. The van der Waals surface area contributed by atoms with Crippen molar-refractivity contribution < 1.29 is 60.2 Å². The molecule has 6 atom stereocenters. The second kappa shape index (κ2) is 28.1. The molecule has 0 aliphatic heterocycles. The number of aromatic nitrogens is 1. The van der Waals surface area contributed by atoms with Gasteiger partial charge in [-0.2, -0.15) is 8.42 Å². The van der Waals surface area contributed by atoms with Crippen molar-refractivity contribution in [2.75, 3.05) is 6.54 Å². The van der Waals surface area contributed by atoms with Crippen molar-refractivity contribution in [1.29, 1.82) is 0 Å². The number of amides is 8. The summed E-state index contributed by atoms with van der Waals surface area (Å²) >= 11 is 0. The van der Waals surface area contributed by atoms with Gasteiger partial charge in [-0.1, -0.05) is 100 Å². The van der Waals surface area contributed by atoms with Crippen molar-refractivity contribution in [3.05, 3.63) is 102 Å². The third kappa shape index (κ3) is 20.2. The number of hydrogen-bond acceptors (Lipinski definition) is 12. The zero-order valence-electron chi connectivity index (χ0n) is 42.4. The molecule has 4 aromatic rings. The fourth-order valence-corrected chi connectivity index (χ4v) is 7.96. The minimum atomic E-state index is -4.81. The van der Waals surface area contributed by atoms with E-state index in [1.807, 2.05) is 38.1 Å². The Balaban J connectivity index is 1.49. The molecule has 8 amide bonds. The van der Waals surface area contributed by atoms with Gasteiger partial charge in [0.25, 0.3) is 0 Å². The number of aromatic amines is 1. The second-order valence-electron chi connectivity index (χ2n) is 18.7. The number of carbonyl (C=O) groups excluding carboxylic acids is 8. The van der Waals surface area contributed by atoms with Crippen molar-refractivity contribution in [2.24, 2.45) is 5.73 Å². The van der Waals surface area contributed by atoms with Crippen molar-refractivity contribution in [2.45, 2.75) is 141 Å². The highest BCUT2D eigenvalue weighted by Gasteiger charge is 2.32. The number of ether oxygens (including phenoxy) is 1. The van der Waals surface area contributed by atoms with E-state index in [4.69, 9.17) is 15.0 Å². The highest BCUT2D eigenvalue weighted by molar-refractivity contribution is 7.81. The predicted molar refractivity (Wildman–Crippen MR) is 274 cm³/mol. The predicted octanol–water partition coefficient (Wildman–Crippen LogP) is 2.70. The van der Waals surface area contributed by atoms with Gasteiger partial charge in [0.2, 0.25) is 41.4 Å². The molecule has 0 bridgehead atoms. The summed E-state index contributed by atoms with van der Waals surface area (Å²) in [4.78, 5) is 111. The zero-order valence-corrected chi connectivity index (χ0v) is 43.3. The average molecular weight is 1050 g/mol. The van der Waals surface area contributed by atoms with Gasteiger partial charge in [0.15, 0.2) is 0 Å². The first-order valence-electron chi connectivity index (χ1n) is 24.4. The van der Waals surface area contributed by atoms with Gasteiger partial charge in [0, 0.05) is 36.4 Å².